The maximum atomic E-state index is 5.38. The van der Waals surface area contributed by atoms with Crippen LogP contribution < -0.4 is 0 Å². The SMILES string of the molecule is c1ccc(-c2cc(-c3ccccc3)nc(-c3cccc(-c4ccc5c(c4)C(c4ccccc4)(c4ccccc4)c4nc6ccccc6n4-5)c3)n2)cc1. The molecule has 244 valence electrons. The molecule has 0 fully saturated rings. The number of rotatable bonds is 6. The average molecular weight is 665 g/mol. The van der Waals surface area contributed by atoms with Gasteiger partial charge in [-0.1, -0.05) is 158 Å². The van der Waals surface area contributed by atoms with Crippen LogP contribution in [-0.4, -0.2) is 19.5 Å². The summed E-state index contributed by atoms with van der Waals surface area (Å²) in [7, 11) is 0. The van der Waals surface area contributed by atoms with E-state index in [1.807, 2.05) is 36.4 Å². The number of hydrogen-bond donors (Lipinski definition) is 0. The molecule has 3 heterocycles. The fourth-order valence-corrected chi connectivity index (χ4v) is 7.89. The van der Waals surface area contributed by atoms with Gasteiger partial charge >= 0.3 is 0 Å². The van der Waals surface area contributed by atoms with Crippen molar-refractivity contribution >= 4 is 11.0 Å². The summed E-state index contributed by atoms with van der Waals surface area (Å²) in [6.45, 7) is 0. The fraction of sp³-hybridized carbons (Fsp3) is 0.0208. The number of para-hydroxylation sites is 2. The lowest BCUT2D eigenvalue weighted by Gasteiger charge is -2.31. The Labute approximate surface area is 302 Å². The van der Waals surface area contributed by atoms with Crippen LogP contribution in [0.2, 0.25) is 0 Å². The molecule has 4 heteroatoms. The van der Waals surface area contributed by atoms with E-state index in [2.05, 4.69) is 162 Å². The Bertz CT molecular complexity index is 2620. The smallest absolute Gasteiger partial charge is 0.160 e. The van der Waals surface area contributed by atoms with Crippen molar-refractivity contribution in [1.29, 1.82) is 0 Å². The van der Waals surface area contributed by atoms with Gasteiger partial charge in [0.15, 0.2) is 5.82 Å². The van der Waals surface area contributed by atoms with Crippen LogP contribution in [-0.2, 0) is 5.41 Å². The topological polar surface area (TPSA) is 43.6 Å². The molecule has 0 saturated heterocycles. The molecule has 52 heavy (non-hydrogen) atoms. The van der Waals surface area contributed by atoms with Crippen molar-refractivity contribution in [3.8, 4) is 50.7 Å². The fourth-order valence-electron chi connectivity index (χ4n) is 7.89. The van der Waals surface area contributed by atoms with E-state index in [4.69, 9.17) is 15.0 Å². The lowest BCUT2D eigenvalue weighted by Crippen LogP contribution is -2.29. The first-order valence-electron chi connectivity index (χ1n) is 17.6. The van der Waals surface area contributed by atoms with Crippen LogP contribution in [0.25, 0.3) is 61.8 Å². The second kappa shape index (κ2) is 12.1. The standard InChI is InChI=1S/C48H32N4/c1-5-16-33(17-6-1)42-32-43(34-18-7-2-8-19-34)50-46(49-42)37-21-15-20-35(30-37)36-28-29-44-40(31-36)48(38-22-9-3-10-23-38,39-24-11-4-12-25-39)47-51-41-26-13-14-27-45(41)52(44)47/h1-32H. The third-order valence-electron chi connectivity index (χ3n) is 10.3. The zero-order valence-electron chi connectivity index (χ0n) is 28.3. The minimum Gasteiger partial charge on any atom is -0.295 e. The first kappa shape index (κ1) is 30.0. The van der Waals surface area contributed by atoms with Crippen molar-refractivity contribution in [1.82, 2.24) is 19.5 Å². The predicted molar refractivity (Wildman–Crippen MR) is 210 cm³/mol. The monoisotopic (exact) mass is 664 g/mol. The molecular weight excluding hydrogens is 633 g/mol. The molecule has 0 N–H and O–H groups in total. The van der Waals surface area contributed by atoms with Crippen LogP contribution in [0.3, 0.4) is 0 Å². The van der Waals surface area contributed by atoms with Crippen LogP contribution >= 0.6 is 0 Å². The Morgan fingerprint density at radius 2 is 0.904 bits per heavy atom. The molecule has 0 radical (unpaired) electrons. The molecular formula is C48H32N4. The molecule has 9 aromatic rings. The van der Waals surface area contributed by atoms with Gasteiger partial charge in [-0.25, -0.2) is 15.0 Å². The summed E-state index contributed by atoms with van der Waals surface area (Å²) in [5.41, 5.74) is 13.3. The molecule has 0 bridgehead atoms. The summed E-state index contributed by atoms with van der Waals surface area (Å²) in [5, 5.41) is 0. The second-order valence-corrected chi connectivity index (χ2v) is 13.2. The molecule has 2 aromatic heterocycles. The molecule has 1 aliphatic heterocycles. The van der Waals surface area contributed by atoms with Crippen LogP contribution in [0.4, 0.5) is 0 Å². The van der Waals surface area contributed by atoms with Crippen molar-refractivity contribution in [2.24, 2.45) is 0 Å². The lowest BCUT2D eigenvalue weighted by atomic mass is 9.69. The van der Waals surface area contributed by atoms with E-state index in [9.17, 15) is 0 Å². The van der Waals surface area contributed by atoms with Gasteiger partial charge in [-0.3, -0.25) is 4.57 Å². The van der Waals surface area contributed by atoms with Crippen LogP contribution in [0.5, 0.6) is 0 Å². The molecule has 0 amide bonds. The van der Waals surface area contributed by atoms with E-state index < -0.39 is 5.41 Å². The van der Waals surface area contributed by atoms with E-state index in [0.717, 1.165) is 61.8 Å². The Morgan fingerprint density at radius 3 is 1.54 bits per heavy atom. The summed E-state index contributed by atoms with van der Waals surface area (Å²) in [5.74, 6) is 1.70. The van der Waals surface area contributed by atoms with Crippen molar-refractivity contribution in [3.63, 3.8) is 0 Å². The van der Waals surface area contributed by atoms with Crippen LogP contribution in [0, 0.1) is 0 Å². The van der Waals surface area contributed by atoms with Gasteiger partial charge < -0.3 is 0 Å². The molecule has 0 unspecified atom stereocenters. The average Bonchev–Trinajstić information content (AvgIpc) is 3.75. The summed E-state index contributed by atoms with van der Waals surface area (Å²) >= 11 is 0. The number of fused-ring (bicyclic) bond motifs is 5. The zero-order valence-corrected chi connectivity index (χ0v) is 28.3. The van der Waals surface area contributed by atoms with Gasteiger partial charge in [0.25, 0.3) is 0 Å². The van der Waals surface area contributed by atoms with E-state index in [1.54, 1.807) is 0 Å². The molecule has 10 rings (SSSR count). The molecule has 0 atom stereocenters. The molecule has 0 spiro atoms. The molecule has 4 nitrogen and oxygen atoms in total. The third-order valence-corrected chi connectivity index (χ3v) is 10.3. The van der Waals surface area contributed by atoms with Gasteiger partial charge in [0, 0.05) is 16.7 Å². The number of nitrogens with zero attached hydrogens (tertiary/aromatic N) is 4. The summed E-state index contributed by atoms with van der Waals surface area (Å²) < 4.78 is 2.36. The van der Waals surface area contributed by atoms with Crippen LogP contribution in [0.1, 0.15) is 22.5 Å². The maximum Gasteiger partial charge on any atom is 0.160 e. The quantitative estimate of drug-likeness (QED) is 0.178. The summed E-state index contributed by atoms with van der Waals surface area (Å²) in [6.07, 6.45) is 0. The van der Waals surface area contributed by atoms with Gasteiger partial charge in [0.05, 0.1) is 28.1 Å². The normalized spacial score (nSPS) is 12.8. The van der Waals surface area contributed by atoms with Gasteiger partial charge in [0.2, 0.25) is 0 Å². The Balaban J connectivity index is 1.17. The summed E-state index contributed by atoms with van der Waals surface area (Å²) in [6, 6.07) is 68.3. The van der Waals surface area contributed by atoms with Crippen molar-refractivity contribution < 1.29 is 0 Å². The van der Waals surface area contributed by atoms with E-state index in [0.29, 0.717) is 5.82 Å². The van der Waals surface area contributed by atoms with Gasteiger partial charge in [-0.2, -0.15) is 0 Å². The maximum absolute atomic E-state index is 5.38. The second-order valence-electron chi connectivity index (χ2n) is 13.2. The predicted octanol–water partition coefficient (Wildman–Crippen LogP) is 11.2. The van der Waals surface area contributed by atoms with Crippen LogP contribution in [0.15, 0.2) is 194 Å². The van der Waals surface area contributed by atoms with Crippen molar-refractivity contribution in [3.05, 3.63) is 217 Å². The summed E-state index contributed by atoms with van der Waals surface area (Å²) in [4.78, 5) is 15.6. The molecule has 0 saturated carbocycles. The minimum absolute atomic E-state index is 0.623. The third kappa shape index (κ3) is 4.73. The largest absolute Gasteiger partial charge is 0.295 e. The number of benzene rings is 7. The van der Waals surface area contributed by atoms with Gasteiger partial charge in [-0.05, 0) is 64.2 Å². The highest BCUT2D eigenvalue weighted by atomic mass is 15.1. The number of hydrogen-bond acceptors (Lipinski definition) is 3. The van der Waals surface area contributed by atoms with E-state index >= 15 is 0 Å². The first-order chi connectivity index (χ1) is 25.8. The van der Waals surface area contributed by atoms with Crippen molar-refractivity contribution in [2.75, 3.05) is 0 Å². The molecule has 0 aliphatic carbocycles. The highest BCUT2D eigenvalue weighted by Crippen LogP contribution is 2.53. The minimum atomic E-state index is -0.623. The Kier molecular flexibility index (Phi) is 7.00. The van der Waals surface area contributed by atoms with Gasteiger partial charge in [0.1, 0.15) is 11.2 Å². The van der Waals surface area contributed by atoms with E-state index in [1.165, 1.54) is 16.7 Å². The Hall–Kier alpha value is -6.91. The Morgan fingerprint density at radius 1 is 0.385 bits per heavy atom. The lowest BCUT2D eigenvalue weighted by molar-refractivity contribution is 0.718. The van der Waals surface area contributed by atoms with Gasteiger partial charge in [-0.15, -0.1) is 0 Å². The molecule has 7 aromatic carbocycles. The highest BCUT2D eigenvalue weighted by molar-refractivity contribution is 5.85. The highest BCUT2D eigenvalue weighted by Gasteiger charge is 2.49. The first-order valence-corrected chi connectivity index (χ1v) is 17.6. The van der Waals surface area contributed by atoms with Crippen molar-refractivity contribution in [2.45, 2.75) is 5.41 Å². The van der Waals surface area contributed by atoms with E-state index in [-0.39, 0.29) is 0 Å². The number of imidazole rings is 1. The zero-order chi connectivity index (χ0) is 34.5. The number of aromatic nitrogens is 4. The molecule has 1 aliphatic rings.